The Kier molecular flexibility index (Phi) is 5.82. The first-order valence-electron chi connectivity index (χ1n) is 9.29. The van der Waals surface area contributed by atoms with Crippen LogP contribution in [0.4, 0.5) is 27.6 Å². The van der Waals surface area contributed by atoms with E-state index < -0.39 is 35.3 Å². The molecule has 1 N–H and O–H groups in total. The van der Waals surface area contributed by atoms with Crippen molar-refractivity contribution < 1.29 is 36.0 Å². The molecule has 4 aromatic rings. The average Bonchev–Trinajstić information content (AvgIpc) is 3.40. The highest BCUT2D eigenvalue weighted by atomic mass is 19.4. The Bertz CT molecular complexity index is 1260. The zero-order chi connectivity index (χ0) is 23.6. The number of carbonyl (C=O) groups is 1. The highest BCUT2D eigenvalue weighted by molar-refractivity contribution is 5.91. The largest absolute Gasteiger partial charge is 0.573 e. The number of ether oxygens (including phenoxy) is 1. The number of anilines is 1. The Hall–Kier alpha value is -4.22. The van der Waals surface area contributed by atoms with Crippen LogP contribution in [0.3, 0.4) is 0 Å². The molecule has 0 atom stereocenters. The molecule has 170 valence electrons. The van der Waals surface area contributed by atoms with E-state index in [4.69, 9.17) is 4.52 Å². The van der Waals surface area contributed by atoms with E-state index in [0.717, 1.165) is 24.3 Å². The number of amides is 1. The third kappa shape index (κ3) is 5.17. The number of carbonyl (C=O) groups excluding carboxylic acids is 1. The second-order valence-corrected chi connectivity index (χ2v) is 6.66. The Morgan fingerprint density at radius 3 is 2.39 bits per heavy atom. The first-order valence-corrected chi connectivity index (χ1v) is 9.29. The van der Waals surface area contributed by atoms with Crippen LogP contribution in [0.5, 0.6) is 5.75 Å². The Balaban J connectivity index is 1.49. The fourth-order valence-corrected chi connectivity index (χ4v) is 2.95. The number of nitrogens with one attached hydrogen (secondary N) is 1. The van der Waals surface area contributed by atoms with Crippen molar-refractivity contribution in [2.24, 2.45) is 0 Å². The number of hydrogen-bond acceptors (Lipinski definition) is 5. The van der Waals surface area contributed by atoms with Crippen molar-refractivity contribution in [3.05, 3.63) is 72.4 Å². The van der Waals surface area contributed by atoms with Crippen molar-refractivity contribution in [2.45, 2.75) is 12.9 Å². The fraction of sp³-hybridized carbons (Fsp3) is 0.0952. The van der Waals surface area contributed by atoms with Gasteiger partial charge >= 0.3 is 6.36 Å². The topological polar surface area (TPSA) is 82.2 Å². The standard InChI is InChI=1S/C21H13F5N4O3/c22-14-3-1-4-15(23)18(14)27-17(31)11-30-10-2-5-16(30)20-28-19(29-33-20)12-6-8-13(9-7-12)32-21(24,25)26/h1-10H,11H2,(H,27,31). The zero-order valence-corrected chi connectivity index (χ0v) is 16.4. The van der Waals surface area contributed by atoms with Crippen molar-refractivity contribution in [3.8, 4) is 28.7 Å². The lowest BCUT2D eigenvalue weighted by Gasteiger charge is -2.09. The molecular weight excluding hydrogens is 451 g/mol. The lowest BCUT2D eigenvalue weighted by atomic mass is 10.2. The van der Waals surface area contributed by atoms with Crippen LogP contribution in [0.25, 0.3) is 23.0 Å². The smallest absolute Gasteiger partial charge is 0.406 e. The molecule has 12 heteroatoms. The Morgan fingerprint density at radius 1 is 1.03 bits per heavy atom. The Morgan fingerprint density at radius 2 is 1.73 bits per heavy atom. The van der Waals surface area contributed by atoms with Gasteiger partial charge in [-0.15, -0.1) is 13.2 Å². The third-order valence-corrected chi connectivity index (χ3v) is 4.36. The summed E-state index contributed by atoms with van der Waals surface area (Å²) < 4.78 is 74.8. The highest BCUT2D eigenvalue weighted by Crippen LogP contribution is 2.27. The van der Waals surface area contributed by atoms with Crippen LogP contribution >= 0.6 is 0 Å². The SMILES string of the molecule is O=C(Cn1cccc1-c1nc(-c2ccc(OC(F)(F)F)cc2)no1)Nc1c(F)cccc1F. The number of para-hydroxylation sites is 1. The molecule has 0 unspecified atom stereocenters. The molecule has 4 rings (SSSR count). The van der Waals surface area contributed by atoms with Crippen LogP contribution in [0.15, 0.2) is 65.3 Å². The minimum absolute atomic E-state index is 0.0236. The van der Waals surface area contributed by atoms with Gasteiger partial charge in [0.25, 0.3) is 5.89 Å². The number of alkyl halides is 3. The fourth-order valence-electron chi connectivity index (χ4n) is 2.95. The second-order valence-electron chi connectivity index (χ2n) is 6.66. The summed E-state index contributed by atoms with van der Waals surface area (Å²) in [6.45, 7) is -0.308. The summed E-state index contributed by atoms with van der Waals surface area (Å²) in [7, 11) is 0. The molecule has 0 aliphatic heterocycles. The summed E-state index contributed by atoms with van der Waals surface area (Å²) in [6, 6.07) is 11.2. The number of halogens is 5. The molecule has 0 saturated heterocycles. The minimum atomic E-state index is -4.81. The second kappa shape index (κ2) is 8.73. The summed E-state index contributed by atoms with van der Waals surface area (Å²) in [5.74, 6) is -2.81. The lowest BCUT2D eigenvalue weighted by molar-refractivity contribution is -0.274. The van der Waals surface area contributed by atoms with E-state index in [-0.39, 0.29) is 18.3 Å². The molecule has 1 amide bonds. The summed E-state index contributed by atoms with van der Waals surface area (Å²) in [5.41, 5.74) is 0.148. The predicted octanol–water partition coefficient (Wildman–Crippen LogP) is 5.02. The molecule has 0 spiro atoms. The van der Waals surface area contributed by atoms with Crippen molar-refractivity contribution in [3.63, 3.8) is 0 Å². The molecule has 0 aliphatic rings. The maximum Gasteiger partial charge on any atom is 0.573 e. The molecule has 0 radical (unpaired) electrons. The van der Waals surface area contributed by atoms with Crippen LogP contribution in [0, 0.1) is 11.6 Å². The summed E-state index contributed by atoms with van der Waals surface area (Å²) >= 11 is 0. The minimum Gasteiger partial charge on any atom is -0.406 e. The zero-order valence-electron chi connectivity index (χ0n) is 16.4. The average molecular weight is 464 g/mol. The number of aromatic nitrogens is 3. The predicted molar refractivity (Wildman–Crippen MR) is 105 cm³/mol. The van der Waals surface area contributed by atoms with Gasteiger partial charge in [-0.2, -0.15) is 4.98 Å². The van der Waals surface area contributed by atoms with Gasteiger partial charge < -0.3 is 19.1 Å². The molecule has 7 nitrogen and oxygen atoms in total. The van der Waals surface area contributed by atoms with Crippen LogP contribution in [0.1, 0.15) is 0 Å². The van der Waals surface area contributed by atoms with Gasteiger partial charge in [-0.05, 0) is 48.5 Å². The highest BCUT2D eigenvalue weighted by Gasteiger charge is 2.31. The molecular formula is C21H13F5N4O3. The maximum atomic E-state index is 13.7. The van der Waals surface area contributed by atoms with E-state index in [0.29, 0.717) is 11.3 Å². The van der Waals surface area contributed by atoms with Gasteiger partial charge in [0.1, 0.15) is 35.3 Å². The quantitative estimate of drug-likeness (QED) is 0.405. The molecule has 2 heterocycles. The monoisotopic (exact) mass is 464 g/mol. The van der Waals surface area contributed by atoms with Gasteiger partial charge in [-0.3, -0.25) is 4.79 Å². The van der Waals surface area contributed by atoms with E-state index in [1.807, 2.05) is 0 Å². The van der Waals surface area contributed by atoms with Crippen molar-refractivity contribution in [2.75, 3.05) is 5.32 Å². The number of nitrogens with zero attached hydrogens (tertiary/aromatic N) is 3. The molecule has 0 bridgehead atoms. The van der Waals surface area contributed by atoms with E-state index in [9.17, 15) is 26.7 Å². The van der Waals surface area contributed by atoms with E-state index in [1.54, 1.807) is 12.1 Å². The van der Waals surface area contributed by atoms with Gasteiger partial charge in [0.2, 0.25) is 11.7 Å². The molecule has 33 heavy (non-hydrogen) atoms. The van der Waals surface area contributed by atoms with Crippen LogP contribution in [0.2, 0.25) is 0 Å². The summed E-state index contributed by atoms with van der Waals surface area (Å²) in [4.78, 5) is 16.5. The molecule has 0 aliphatic carbocycles. The summed E-state index contributed by atoms with van der Waals surface area (Å²) in [5, 5.41) is 5.98. The number of hydrogen-bond donors (Lipinski definition) is 1. The number of benzene rings is 2. The molecule has 0 fully saturated rings. The van der Waals surface area contributed by atoms with E-state index >= 15 is 0 Å². The van der Waals surface area contributed by atoms with Gasteiger partial charge in [0.05, 0.1) is 0 Å². The first-order chi connectivity index (χ1) is 15.7. The van der Waals surface area contributed by atoms with Crippen LogP contribution in [-0.4, -0.2) is 27.0 Å². The van der Waals surface area contributed by atoms with Gasteiger partial charge in [0.15, 0.2) is 0 Å². The number of rotatable bonds is 6. The lowest BCUT2D eigenvalue weighted by Crippen LogP contribution is -2.20. The van der Waals surface area contributed by atoms with Gasteiger partial charge in [-0.25, -0.2) is 8.78 Å². The van der Waals surface area contributed by atoms with E-state index in [2.05, 4.69) is 20.2 Å². The maximum absolute atomic E-state index is 13.7. The molecule has 2 aromatic heterocycles. The van der Waals surface area contributed by atoms with Crippen molar-refractivity contribution in [1.29, 1.82) is 0 Å². The molecule has 2 aromatic carbocycles. The summed E-state index contributed by atoms with van der Waals surface area (Å²) in [6.07, 6.45) is -3.28. The van der Waals surface area contributed by atoms with Gasteiger partial charge in [0, 0.05) is 11.8 Å². The Labute approximate surface area is 182 Å². The van der Waals surface area contributed by atoms with Gasteiger partial charge in [-0.1, -0.05) is 11.2 Å². The van der Waals surface area contributed by atoms with Crippen molar-refractivity contribution >= 4 is 11.6 Å². The van der Waals surface area contributed by atoms with Crippen LogP contribution in [-0.2, 0) is 11.3 Å². The first kappa shape index (κ1) is 22.0. The normalized spacial score (nSPS) is 11.4. The van der Waals surface area contributed by atoms with Crippen molar-refractivity contribution in [1.82, 2.24) is 14.7 Å². The van der Waals surface area contributed by atoms with Crippen LogP contribution < -0.4 is 10.1 Å². The third-order valence-electron chi connectivity index (χ3n) is 4.36. The van der Waals surface area contributed by atoms with E-state index in [1.165, 1.54) is 29.0 Å². The molecule has 0 saturated carbocycles.